The monoisotopic (exact) mass is 260 g/mol. The van der Waals surface area contributed by atoms with Crippen molar-refractivity contribution in [1.29, 1.82) is 0 Å². The fourth-order valence-corrected chi connectivity index (χ4v) is 1.75. The zero-order chi connectivity index (χ0) is 13.8. The van der Waals surface area contributed by atoms with Crippen LogP contribution in [0.1, 0.15) is 22.0 Å². The van der Waals surface area contributed by atoms with E-state index in [0.29, 0.717) is 11.3 Å². The highest BCUT2D eigenvalue weighted by molar-refractivity contribution is 5.99. The predicted octanol–water partition coefficient (Wildman–Crippen LogP) is 2.75. The third-order valence-electron chi connectivity index (χ3n) is 2.82. The molecule has 0 aromatic heterocycles. The first kappa shape index (κ1) is 13.2. The number of Topliss-reactive ketones (excluding diaryl/α,β-unsaturated/α-hetero) is 1. The number of carbonyl (C=O) groups excluding carboxylic acids is 1. The van der Waals surface area contributed by atoms with Crippen molar-refractivity contribution in [3.63, 3.8) is 0 Å². The van der Waals surface area contributed by atoms with Gasteiger partial charge in [-0.05, 0) is 30.3 Å². The maximum atomic E-state index is 13.5. The summed E-state index contributed by atoms with van der Waals surface area (Å²) in [4.78, 5) is 12.0. The molecule has 4 heteroatoms. The molecule has 2 aromatic rings. The van der Waals surface area contributed by atoms with Gasteiger partial charge in [0.05, 0.1) is 7.11 Å². The molecule has 1 N–H and O–H groups in total. The zero-order valence-electron chi connectivity index (χ0n) is 10.3. The molecular weight excluding hydrogens is 247 g/mol. The van der Waals surface area contributed by atoms with Gasteiger partial charge in [0.25, 0.3) is 0 Å². The highest BCUT2D eigenvalue weighted by Crippen LogP contribution is 2.22. The van der Waals surface area contributed by atoms with Crippen LogP contribution in [0, 0.1) is 5.82 Å². The Balaban J connectivity index is 2.26. The van der Waals surface area contributed by atoms with Gasteiger partial charge in [-0.15, -0.1) is 0 Å². The molecule has 0 amide bonds. The Morgan fingerprint density at radius 2 is 1.79 bits per heavy atom. The molecule has 2 rings (SSSR count). The average Bonchev–Trinajstić information content (AvgIpc) is 2.46. The van der Waals surface area contributed by atoms with Crippen molar-refractivity contribution in [2.24, 2.45) is 0 Å². The molecule has 0 saturated heterocycles. The highest BCUT2D eigenvalue weighted by atomic mass is 19.1. The van der Waals surface area contributed by atoms with E-state index >= 15 is 0 Å². The van der Waals surface area contributed by atoms with Crippen molar-refractivity contribution in [2.45, 2.75) is 6.10 Å². The van der Waals surface area contributed by atoms with Gasteiger partial charge in [-0.25, -0.2) is 4.39 Å². The van der Waals surface area contributed by atoms with E-state index in [4.69, 9.17) is 4.74 Å². The first-order valence-corrected chi connectivity index (χ1v) is 5.74. The Kier molecular flexibility index (Phi) is 3.92. The molecule has 1 atom stereocenters. The number of ether oxygens (including phenoxy) is 1. The number of halogens is 1. The van der Waals surface area contributed by atoms with Crippen LogP contribution < -0.4 is 4.74 Å². The van der Waals surface area contributed by atoms with Gasteiger partial charge in [-0.2, -0.15) is 0 Å². The molecule has 0 aliphatic rings. The van der Waals surface area contributed by atoms with Crippen LogP contribution in [0.2, 0.25) is 0 Å². The highest BCUT2D eigenvalue weighted by Gasteiger charge is 2.21. The first-order chi connectivity index (χ1) is 9.13. The van der Waals surface area contributed by atoms with Gasteiger partial charge in [0.2, 0.25) is 0 Å². The lowest BCUT2D eigenvalue weighted by Gasteiger charge is -2.11. The van der Waals surface area contributed by atoms with Crippen molar-refractivity contribution in [1.82, 2.24) is 0 Å². The summed E-state index contributed by atoms with van der Waals surface area (Å²) in [7, 11) is 1.52. The third kappa shape index (κ3) is 2.80. The Morgan fingerprint density at radius 3 is 2.37 bits per heavy atom. The largest absolute Gasteiger partial charge is 0.497 e. The smallest absolute Gasteiger partial charge is 0.195 e. The summed E-state index contributed by atoms with van der Waals surface area (Å²) in [6, 6.07) is 12.0. The summed E-state index contributed by atoms with van der Waals surface area (Å²) in [6.45, 7) is 0. The molecule has 0 saturated carbocycles. The predicted molar refractivity (Wildman–Crippen MR) is 68.7 cm³/mol. The number of benzene rings is 2. The minimum atomic E-state index is -1.51. The number of aliphatic hydroxyl groups is 1. The summed E-state index contributed by atoms with van der Waals surface area (Å²) in [5, 5.41) is 9.93. The van der Waals surface area contributed by atoms with Gasteiger partial charge < -0.3 is 9.84 Å². The normalized spacial score (nSPS) is 11.9. The van der Waals surface area contributed by atoms with Crippen molar-refractivity contribution in [3.05, 3.63) is 65.5 Å². The standard InChI is InChI=1S/C15H13FO3/c1-19-11-8-6-10(7-9-11)14(17)15(18)12-4-2-3-5-13(12)16/h2-9,15,18H,1H3. The molecule has 0 heterocycles. The van der Waals surface area contributed by atoms with Crippen LogP contribution in [-0.4, -0.2) is 18.0 Å². The number of rotatable bonds is 4. The molecule has 3 nitrogen and oxygen atoms in total. The summed E-state index contributed by atoms with van der Waals surface area (Å²) < 4.78 is 18.5. The van der Waals surface area contributed by atoms with E-state index < -0.39 is 17.7 Å². The van der Waals surface area contributed by atoms with Gasteiger partial charge in [0.1, 0.15) is 17.7 Å². The lowest BCUT2D eigenvalue weighted by atomic mass is 9.99. The fraction of sp³-hybridized carbons (Fsp3) is 0.133. The molecule has 0 aliphatic carbocycles. The number of ketones is 1. The Morgan fingerprint density at radius 1 is 1.16 bits per heavy atom. The van der Waals surface area contributed by atoms with Gasteiger partial charge in [0.15, 0.2) is 5.78 Å². The fourth-order valence-electron chi connectivity index (χ4n) is 1.75. The van der Waals surface area contributed by atoms with Crippen LogP contribution in [0.3, 0.4) is 0 Å². The quantitative estimate of drug-likeness (QED) is 0.860. The average molecular weight is 260 g/mol. The van der Waals surface area contributed by atoms with Crippen LogP contribution in [0.15, 0.2) is 48.5 Å². The van der Waals surface area contributed by atoms with Crippen molar-refractivity contribution in [3.8, 4) is 5.75 Å². The molecule has 0 spiro atoms. The van der Waals surface area contributed by atoms with Crippen LogP contribution in [-0.2, 0) is 0 Å². The van der Waals surface area contributed by atoms with E-state index in [1.807, 2.05) is 0 Å². The SMILES string of the molecule is COc1ccc(C(=O)C(O)c2ccccc2F)cc1. The van der Waals surface area contributed by atoms with Crippen molar-refractivity contribution >= 4 is 5.78 Å². The number of hydrogen-bond acceptors (Lipinski definition) is 3. The van der Waals surface area contributed by atoms with Crippen LogP contribution >= 0.6 is 0 Å². The van der Waals surface area contributed by atoms with Gasteiger partial charge >= 0.3 is 0 Å². The number of carbonyl (C=O) groups is 1. The lowest BCUT2D eigenvalue weighted by molar-refractivity contribution is 0.0740. The van der Waals surface area contributed by atoms with Crippen molar-refractivity contribution < 1.29 is 19.0 Å². The number of methoxy groups -OCH3 is 1. The summed E-state index contributed by atoms with van der Waals surface area (Å²) in [5.74, 6) is -0.540. The summed E-state index contributed by atoms with van der Waals surface area (Å²) in [5.41, 5.74) is 0.278. The maximum absolute atomic E-state index is 13.5. The van der Waals surface area contributed by atoms with Crippen molar-refractivity contribution in [2.75, 3.05) is 7.11 Å². The minimum Gasteiger partial charge on any atom is -0.497 e. The molecule has 0 bridgehead atoms. The molecule has 0 fully saturated rings. The number of aliphatic hydroxyl groups excluding tert-OH is 1. The molecular formula is C15H13FO3. The number of hydrogen-bond donors (Lipinski definition) is 1. The molecule has 19 heavy (non-hydrogen) atoms. The van der Waals surface area contributed by atoms with E-state index in [1.165, 1.54) is 37.4 Å². The van der Waals surface area contributed by atoms with E-state index in [2.05, 4.69) is 0 Å². The Bertz CT molecular complexity index is 578. The van der Waals surface area contributed by atoms with Crippen LogP contribution in [0.5, 0.6) is 5.75 Å². The summed E-state index contributed by atoms with van der Waals surface area (Å²) in [6.07, 6.45) is -1.51. The van der Waals surface area contributed by atoms with Gasteiger partial charge in [-0.1, -0.05) is 18.2 Å². The second kappa shape index (κ2) is 5.63. The zero-order valence-corrected chi connectivity index (χ0v) is 10.3. The van der Waals surface area contributed by atoms with E-state index in [9.17, 15) is 14.3 Å². The molecule has 0 aliphatic heterocycles. The summed E-state index contributed by atoms with van der Waals surface area (Å²) >= 11 is 0. The van der Waals surface area contributed by atoms with Crippen LogP contribution in [0.25, 0.3) is 0 Å². The maximum Gasteiger partial charge on any atom is 0.195 e. The van der Waals surface area contributed by atoms with Gasteiger partial charge in [-0.3, -0.25) is 4.79 Å². The topological polar surface area (TPSA) is 46.5 Å². The minimum absolute atomic E-state index is 0.0247. The Hall–Kier alpha value is -2.20. The molecule has 1 unspecified atom stereocenters. The van der Waals surface area contributed by atoms with E-state index in [0.717, 1.165) is 0 Å². The lowest BCUT2D eigenvalue weighted by Crippen LogP contribution is -2.13. The second-order valence-electron chi connectivity index (χ2n) is 4.02. The molecule has 2 aromatic carbocycles. The van der Waals surface area contributed by atoms with Gasteiger partial charge in [0, 0.05) is 11.1 Å². The van der Waals surface area contributed by atoms with E-state index in [1.54, 1.807) is 18.2 Å². The first-order valence-electron chi connectivity index (χ1n) is 5.74. The van der Waals surface area contributed by atoms with Crippen LogP contribution in [0.4, 0.5) is 4.39 Å². The van der Waals surface area contributed by atoms with E-state index in [-0.39, 0.29) is 5.56 Å². The third-order valence-corrected chi connectivity index (χ3v) is 2.82. The molecule has 98 valence electrons. The Labute approximate surface area is 110 Å². The molecule has 0 radical (unpaired) electrons. The second-order valence-corrected chi connectivity index (χ2v) is 4.02.